The Kier molecular flexibility index (Phi) is 7.35. The number of hydrogen-bond donors (Lipinski definition) is 1. The molecule has 0 atom stereocenters. The number of amides is 1. The lowest BCUT2D eigenvalue weighted by molar-refractivity contribution is -0.116. The van der Waals surface area contributed by atoms with Crippen LogP contribution in [0.15, 0.2) is 48.5 Å². The second-order valence-corrected chi connectivity index (χ2v) is 7.82. The Bertz CT molecular complexity index is 993. The summed E-state index contributed by atoms with van der Waals surface area (Å²) in [4.78, 5) is 19.0. The van der Waals surface area contributed by atoms with Crippen molar-refractivity contribution in [2.24, 2.45) is 0 Å². The number of ether oxygens (including phenoxy) is 1. The van der Waals surface area contributed by atoms with E-state index in [1.54, 1.807) is 25.3 Å². The average Bonchev–Trinajstić information content (AvgIpc) is 3.17. The summed E-state index contributed by atoms with van der Waals surface area (Å²) in [6.45, 7) is 4.54. The molecule has 0 bridgehead atoms. The SMILES string of the molecule is COc1cccc(Cc2nsc(N(CCC(=O)Nc3ccccc3F)C(C)C)n2)c1. The molecule has 3 rings (SSSR count). The van der Waals surface area contributed by atoms with Gasteiger partial charge in [-0.05, 0) is 43.7 Å². The first-order valence-corrected chi connectivity index (χ1v) is 10.5. The van der Waals surface area contributed by atoms with E-state index in [1.807, 2.05) is 43.0 Å². The molecule has 1 N–H and O–H groups in total. The molecule has 0 saturated heterocycles. The van der Waals surface area contributed by atoms with Crippen molar-refractivity contribution in [2.75, 3.05) is 23.9 Å². The third-order valence-corrected chi connectivity index (χ3v) is 5.34. The summed E-state index contributed by atoms with van der Waals surface area (Å²) in [6, 6.07) is 14.1. The number of benzene rings is 2. The minimum atomic E-state index is -0.446. The monoisotopic (exact) mass is 428 g/mol. The van der Waals surface area contributed by atoms with Gasteiger partial charge in [0.15, 0.2) is 0 Å². The van der Waals surface area contributed by atoms with Crippen LogP contribution in [-0.4, -0.2) is 35.0 Å². The number of nitrogens with one attached hydrogen (secondary N) is 1. The topological polar surface area (TPSA) is 67.3 Å². The first kappa shape index (κ1) is 21.7. The summed E-state index contributed by atoms with van der Waals surface area (Å²) in [6.07, 6.45) is 0.824. The van der Waals surface area contributed by atoms with E-state index in [-0.39, 0.29) is 24.1 Å². The molecule has 1 heterocycles. The smallest absolute Gasteiger partial charge is 0.226 e. The lowest BCUT2D eigenvalue weighted by atomic mass is 10.1. The molecule has 1 aromatic heterocycles. The third-order valence-electron chi connectivity index (χ3n) is 4.55. The molecule has 30 heavy (non-hydrogen) atoms. The molecule has 8 heteroatoms. The highest BCUT2D eigenvalue weighted by atomic mass is 32.1. The van der Waals surface area contributed by atoms with Crippen LogP contribution in [0, 0.1) is 5.82 Å². The fourth-order valence-electron chi connectivity index (χ4n) is 2.97. The number of carbonyl (C=O) groups is 1. The maximum absolute atomic E-state index is 13.7. The van der Waals surface area contributed by atoms with Gasteiger partial charge in [0, 0.05) is 37.0 Å². The second kappa shape index (κ2) is 10.2. The summed E-state index contributed by atoms with van der Waals surface area (Å²) in [5.74, 6) is 0.835. The van der Waals surface area contributed by atoms with Gasteiger partial charge in [-0.25, -0.2) is 9.37 Å². The molecule has 0 aliphatic carbocycles. The van der Waals surface area contributed by atoms with Crippen LogP contribution in [0.3, 0.4) is 0 Å². The van der Waals surface area contributed by atoms with Crippen molar-refractivity contribution >= 4 is 28.3 Å². The summed E-state index contributed by atoms with van der Waals surface area (Å²) in [7, 11) is 1.64. The Morgan fingerprint density at radius 2 is 2.03 bits per heavy atom. The number of anilines is 2. The first-order chi connectivity index (χ1) is 14.5. The Morgan fingerprint density at radius 1 is 1.23 bits per heavy atom. The van der Waals surface area contributed by atoms with Gasteiger partial charge in [0.2, 0.25) is 11.0 Å². The van der Waals surface area contributed by atoms with Crippen LogP contribution in [0.2, 0.25) is 0 Å². The van der Waals surface area contributed by atoms with Gasteiger partial charge in [-0.15, -0.1) is 0 Å². The van der Waals surface area contributed by atoms with Gasteiger partial charge in [0.25, 0.3) is 0 Å². The molecule has 0 fully saturated rings. The Balaban J connectivity index is 1.62. The zero-order valence-corrected chi connectivity index (χ0v) is 18.1. The molecular weight excluding hydrogens is 403 g/mol. The molecule has 6 nitrogen and oxygen atoms in total. The minimum absolute atomic E-state index is 0.142. The third kappa shape index (κ3) is 5.76. The molecule has 0 aliphatic rings. The van der Waals surface area contributed by atoms with Crippen molar-refractivity contribution < 1.29 is 13.9 Å². The van der Waals surface area contributed by atoms with Crippen LogP contribution >= 0.6 is 11.5 Å². The first-order valence-electron chi connectivity index (χ1n) is 9.73. The van der Waals surface area contributed by atoms with Gasteiger partial charge < -0.3 is 15.0 Å². The number of hydrogen-bond acceptors (Lipinski definition) is 6. The van der Waals surface area contributed by atoms with Crippen LogP contribution in [0.1, 0.15) is 31.7 Å². The minimum Gasteiger partial charge on any atom is -0.497 e. The highest BCUT2D eigenvalue weighted by molar-refractivity contribution is 7.09. The Hall–Kier alpha value is -3.00. The van der Waals surface area contributed by atoms with Crippen molar-refractivity contribution in [1.82, 2.24) is 9.36 Å². The average molecular weight is 429 g/mol. The summed E-state index contributed by atoms with van der Waals surface area (Å²) in [5.41, 5.74) is 1.26. The number of para-hydroxylation sites is 1. The molecule has 0 spiro atoms. The Morgan fingerprint density at radius 3 is 2.77 bits per heavy atom. The lowest BCUT2D eigenvalue weighted by Crippen LogP contribution is -2.33. The molecule has 0 unspecified atom stereocenters. The number of halogens is 1. The molecular formula is C22H25FN4O2S. The molecule has 0 saturated carbocycles. The number of nitrogens with zero attached hydrogens (tertiary/aromatic N) is 3. The van der Waals surface area contributed by atoms with E-state index >= 15 is 0 Å². The zero-order valence-electron chi connectivity index (χ0n) is 17.3. The number of aromatic nitrogens is 2. The summed E-state index contributed by atoms with van der Waals surface area (Å²) >= 11 is 1.32. The van der Waals surface area contributed by atoms with Crippen molar-refractivity contribution in [3.63, 3.8) is 0 Å². The summed E-state index contributed by atoms with van der Waals surface area (Å²) in [5, 5.41) is 3.38. The van der Waals surface area contributed by atoms with E-state index < -0.39 is 5.82 Å². The van der Waals surface area contributed by atoms with Crippen LogP contribution in [0.25, 0.3) is 0 Å². The van der Waals surface area contributed by atoms with E-state index in [4.69, 9.17) is 4.74 Å². The van der Waals surface area contributed by atoms with Crippen LogP contribution in [0.5, 0.6) is 5.75 Å². The second-order valence-electron chi connectivity index (χ2n) is 7.09. The van der Waals surface area contributed by atoms with Gasteiger partial charge in [-0.1, -0.05) is 24.3 Å². The fraction of sp³-hybridized carbons (Fsp3) is 0.318. The molecule has 2 aromatic carbocycles. The number of rotatable bonds is 9. The van der Waals surface area contributed by atoms with Crippen molar-refractivity contribution in [3.8, 4) is 5.75 Å². The molecule has 1 amide bonds. The van der Waals surface area contributed by atoms with Crippen molar-refractivity contribution in [3.05, 3.63) is 65.7 Å². The van der Waals surface area contributed by atoms with Gasteiger partial charge in [0.05, 0.1) is 12.8 Å². The van der Waals surface area contributed by atoms with Gasteiger partial charge in [-0.3, -0.25) is 4.79 Å². The van der Waals surface area contributed by atoms with E-state index in [0.29, 0.717) is 13.0 Å². The van der Waals surface area contributed by atoms with Crippen LogP contribution in [-0.2, 0) is 11.2 Å². The molecule has 3 aromatic rings. The Labute approximate surface area is 179 Å². The lowest BCUT2D eigenvalue weighted by Gasteiger charge is -2.25. The van der Waals surface area contributed by atoms with E-state index in [2.05, 4.69) is 14.7 Å². The fourth-order valence-corrected chi connectivity index (χ4v) is 3.82. The van der Waals surface area contributed by atoms with Gasteiger partial charge in [-0.2, -0.15) is 4.37 Å². The quantitative estimate of drug-likeness (QED) is 0.543. The van der Waals surface area contributed by atoms with Crippen LogP contribution < -0.4 is 15.0 Å². The van der Waals surface area contributed by atoms with E-state index in [1.165, 1.54) is 17.6 Å². The van der Waals surface area contributed by atoms with E-state index in [0.717, 1.165) is 22.3 Å². The highest BCUT2D eigenvalue weighted by Crippen LogP contribution is 2.23. The number of methoxy groups -OCH3 is 1. The predicted octanol–water partition coefficient (Wildman–Crippen LogP) is 4.52. The molecule has 0 aliphatic heterocycles. The van der Waals surface area contributed by atoms with Crippen molar-refractivity contribution in [2.45, 2.75) is 32.7 Å². The predicted molar refractivity (Wildman–Crippen MR) is 118 cm³/mol. The molecule has 158 valence electrons. The van der Waals surface area contributed by atoms with Crippen molar-refractivity contribution in [1.29, 1.82) is 0 Å². The van der Waals surface area contributed by atoms with Gasteiger partial charge in [0.1, 0.15) is 17.4 Å². The largest absolute Gasteiger partial charge is 0.497 e. The van der Waals surface area contributed by atoms with Crippen LogP contribution in [0.4, 0.5) is 15.2 Å². The number of carbonyl (C=O) groups excluding carboxylic acids is 1. The summed E-state index contributed by atoms with van der Waals surface area (Å²) < 4.78 is 23.5. The highest BCUT2D eigenvalue weighted by Gasteiger charge is 2.18. The zero-order chi connectivity index (χ0) is 21.5. The maximum Gasteiger partial charge on any atom is 0.226 e. The van der Waals surface area contributed by atoms with Gasteiger partial charge >= 0.3 is 0 Å². The maximum atomic E-state index is 13.7. The standard InChI is InChI=1S/C22H25FN4O2S/c1-15(2)27(12-11-21(28)24-19-10-5-4-9-18(19)23)22-25-20(26-30-22)14-16-7-6-8-17(13-16)29-3/h4-10,13,15H,11-12,14H2,1-3H3,(H,24,28). The normalized spacial score (nSPS) is 10.8. The molecule has 0 radical (unpaired) electrons. The van der Waals surface area contributed by atoms with E-state index in [9.17, 15) is 9.18 Å².